The van der Waals surface area contributed by atoms with Gasteiger partial charge in [-0.05, 0) is 20.8 Å². The molecule has 8 heteroatoms. The van der Waals surface area contributed by atoms with Crippen molar-refractivity contribution in [1.29, 1.82) is 0 Å². The van der Waals surface area contributed by atoms with Crippen molar-refractivity contribution in [2.45, 2.75) is 38.3 Å². The van der Waals surface area contributed by atoms with E-state index in [4.69, 9.17) is 5.11 Å². The molecule has 1 N–H and O–H groups in total. The van der Waals surface area contributed by atoms with Gasteiger partial charge in [-0.3, -0.25) is 4.68 Å². The number of hydrogen-bond acceptors (Lipinski definition) is 5. The SMILES string of the molecule is Cc1nn(CCO)c(C)c1S(=O)(=O)N1CCSCC1C. The standard InChI is InChI=1S/C12H21N3O3S2/c1-9-8-19-7-5-15(9)20(17,18)12-10(2)13-14(4-6-16)11(12)3/h9,16H,4-8H2,1-3H3. The maximum atomic E-state index is 12.9. The highest BCUT2D eigenvalue weighted by atomic mass is 32.2. The third-order valence-corrected chi connectivity index (χ3v) is 6.96. The summed E-state index contributed by atoms with van der Waals surface area (Å²) in [7, 11) is -3.52. The zero-order chi connectivity index (χ0) is 14.9. The Balaban J connectivity index is 2.43. The first-order chi connectivity index (χ1) is 9.39. The molecule has 20 heavy (non-hydrogen) atoms. The Morgan fingerprint density at radius 3 is 2.75 bits per heavy atom. The number of aliphatic hydroxyl groups excluding tert-OH is 1. The van der Waals surface area contributed by atoms with Crippen molar-refractivity contribution >= 4 is 21.8 Å². The lowest BCUT2D eigenvalue weighted by atomic mass is 10.4. The molecule has 1 unspecified atom stereocenters. The van der Waals surface area contributed by atoms with Crippen molar-refractivity contribution in [1.82, 2.24) is 14.1 Å². The molecule has 2 rings (SSSR count). The average molecular weight is 319 g/mol. The van der Waals surface area contributed by atoms with Crippen LogP contribution in [-0.4, -0.2) is 58.3 Å². The fourth-order valence-corrected chi connectivity index (χ4v) is 5.78. The summed E-state index contributed by atoms with van der Waals surface area (Å²) in [6, 6.07) is -0.00116. The molecule has 0 aromatic carbocycles. The summed E-state index contributed by atoms with van der Waals surface area (Å²) >= 11 is 1.78. The van der Waals surface area contributed by atoms with Gasteiger partial charge >= 0.3 is 0 Å². The van der Waals surface area contributed by atoms with Crippen LogP contribution in [-0.2, 0) is 16.6 Å². The Labute approximate surface area is 124 Å². The van der Waals surface area contributed by atoms with Gasteiger partial charge in [0.05, 0.1) is 24.5 Å². The van der Waals surface area contributed by atoms with Gasteiger partial charge in [-0.1, -0.05) is 0 Å². The smallest absolute Gasteiger partial charge is 0.247 e. The van der Waals surface area contributed by atoms with E-state index in [2.05, 4.69) is 5.10 Å². The van der Waals surface area contributed by atoms with E-state index in [1.807, 2.05) is 6.92 Å². The summed E-state index contributed by atoms with van der Waals surface area (Å²) in [4.78, 5) is 0.296. The number of thioether (sulfide) groups is 1. The van der Waals surface area contributed by atoms with Crippen LogP contribution in [0.3, 0.4) is 0 Å². The second-order valence-corrected chi connectivity index (χ2v) is 7.96. The fourth-order valence-electron chi connectivity index (χ4n) is 2.55. The summed E-state index contributed by atoms with van der Waals surface area (Å²) in [6.07, 6.45) is 0. The fraction of sp³-hybridized carbons (Fsp3) is 0.750. The minimum Gasteiger partial charge on any atom is -0.394 e. The normalized spacial score (nSPS) is 21.3. The number of aliphatic hydroxyl groups is 1. The number of aryl methyl sites for hydroxylation is 1. The Morgan fingerprint density at radius 2 is 2.15 bits per heavy atom. The molecule has 1 aliphatic rings. The summed E-state index contributed by atoms with van der Waals surface area (Å²) in [5, 5.41) is 13.2. The second-order valence-electron chi connectivity index (χ2n) is 4.99. The third-order valence-electron chi connectivity index (χ3n) is 3.50. The van der Waals surface area contributed by atoms with Gasteiger partial charge in [-0.2, -0.15) is 21.2 Å². The van der Waals surface area contributed by atoms with Crippen LogP contribution in [0, 0.1) is 13.8 Å². The van der Waals surface area contributed by atoms with E-state index < -0.39 is 10.0 Å². The molecule has 0 aliphatic carbocycles. The van der Waals surface area contributed by atoms with Crippen molar-refractivity contribution in [2.24, 2.45) is 0 Å². The molecule has 0 radical (unpaired) electrons. The first-order valence-electron chi connectivity index (χ1n) is 6.64. The Morgan fingerprint density at radius 1 is 1.45 bits per heavy atom. The van der Waals surface area contributed by atoms with Crippen molar-refractivity contribution in [3.63, 3.8) is 0 Å². The molecular weight excluding hydrogens is 298 g/mol. The number of rotatable bonds is 4. The average Bonchev–Trinajstić information content (AvgIpc) is 2.65. The lowest BCUT2D eigenvalue weighted by Gasteiger charge is -2.32. The summed E-state index contributed by atoms with van der Waals surface area (Å²) in [5.74, 6) is 1.65. The van der Waals surface area contributed by atoms with Crippen molar-refractivity contribution in [3.8, 4) is 0 Å². The minimum absolute atomic E-state index is 0.00116. The van der Waals surface area contributed by atoms with E-state index in [0.717, 1.165) is 11.5 Å². The lowest BCUT2D eigenvalue weighted by molar-refractivity contribution is 0.267. The van der Waals surface area contributed by atoms with Crippen molar-refractivity contribution < 1.29 is 13.5 Å². The van der Waals surface area contributed by atoms with Crippen LogP contribution < -0.4 is 0 Å². The van der Waals surface area contributed by atoms with Crippen molar-refractivity contribution in [2.75, 3.05) is 24.7 Å². The van der Waals surface area contributed by atoms with Gasteiger partial charge in [0.25, 0.3) is 0 Å². The number of nitrogens with zero attached hydrogens (tertiary/aromatic N) is 3. The number of hydrogen-bond donors (Lipinski definition) is 1. The molecule has 0 amide bonds. The molecule has 0 bridgehead atoms. The molecule has 1 fully saturated rings. The third kappa shape index (κ3) is 2.74. The summed E-state index contributed by atoms with van der Waals surface area (Å²) in [6.45, 7) is 6.18. The number of sulfonamides is 1. The lowest BCUT2D eigenvalue weighted by Crippen LogP contribution is -2.44. The van der Waals surface area contributed by atoms with Gasteiger partial charge in [0.15, 0.2) is 0 Å². The summed E-state index contributed by atoms with van der Waals surface area (Å²) in [5.41, 5.74) is 1.10. The van der Waals surface area contributed by atoms with E-state index in [1.165, 1.54) is 0 Å². The van der Waals surface area contributed by atoms with Gasteiger partial charge in [-0.25, -0.2) is 8.42 Å². The molecule has 114 valence electrons. The predicted molar refractivity (Wildman–Crippen MR) is 79.5 cm³/mol. The van der Waals surface area contributed by atoms with Crippen LogP contribution in [0.5, 0.6) is 0 Å². The Bertz CT molecular complexity index is 583. The van der Waals surface area contributed by atoms with Crippen LogP contribution in [0.4, 0.5) is 0 Å². The van der Waals surface area contributed by atoms with E-state index >= 15 is 0 Å². The highest BCUT2D eigenvalue weighted by Gasteiger charge is 2.35. The van der Waals surface area contributed by atoms with Gasteiger partial charge in [0.1, 0.15) is 4.90 Å². The quantitative estimate of drug-likeness (QED) is 0.880. The maximum Gasteiger partial charge on any atom is 0.247 e. The zero-order valence-electron chi connectivity index (χ0n) is 12.0. The van der Waals surface area contributed by atoms with Crippen LogP contribution in [0.25, 0.3) is 0 Å². The van der Waals surface area contributed by atoms with Crippen molar-refractivity contribution in [3.05, 3.63) is 11.4 Å². The molecule has 2 heterocycles. The highest BCUT2D eigenvalue weighted by Crippen LogP contribution is 2.28. The molecule has 1 saturated heterocycles. The van der Waals surface area contributed by atoms with E-state index in [-0.39, 0.29) is 12.6 Å². The van der Waals surface area contributed by atoms with Gasteiger partial charge in [-0.15, -0.1) is 0 Å². The molecule has 1 aromatic rings. The number of aromatic nitrogens is 2. The topological polar surface area (TPSA) is 75.4 Å². The van der Waals surface area contributed by atoms with Gasteiger partial charge < -0.3 is 5.11 Å². The second kappa shape index (κ2) is 6.05. The monoisotopic (exact) mass is 319 g/mol. The molecular formula is C12H21N3O3S2. The van der Waals surface area contributed by atoms with E-state index in [9.17, 15) is 8.42 Å². The van der Waals surface area contributed by atoms with Crippen LogP contribution in [0.2, 0.25) is 0 Å². The first-order valence-corrected chi connectivity index (χ1v) is 9.23. The molecule has 0 saturated carbocycles. The van der Waals surface area contributed by atoms with E-state index in [0.29, 0.717) is 29.4 Å². The largest absolute Gasteiger partial charge is 0.394 e. The predicted octanol–water partition coefficient (Wildman–Crippen LogP) is 0.618. The summed E-state index contributed by atoms with van der Waals surface area (Å²) < 4.78 is 28.8. The Hall–Kier alpha value is -0.570. The zero-order valence-corrected chi connectivity index (χ0v) is 13.7. The molecule has 6 nitrogen and oxygen atoms in total. The first kappa shape index (κ1) is 15.8. The van der Waals surface area contributed by atoms with Crippen LogP contribution in [0.1, 0.15) is 18.3 Å². The van der Waals surface area contributed by atoms with Crippen LogP contribution in [0.15, 0.2) is 4.90 Å². The molecule has 0 spiro atoms. The van der Waals surface area contributed by atoms with Crippen LogP contribution >= 0.6 is 11.8 Å². The van der Waals surface area contributed by atoms with Gasteiger partial charge in [0.2, 0.25) is 10.0 Å². The maximum absolute atomic E-state index is 12.9. The minimum atomic E-state index is -3.52. The van der Waals surface area contributed by atoms with E-state index in [1.54, 1.807) is 34.6 Å². The van der Waals surface area contributed by atoms with Gasteiger partial charge in [0, 0.05) is 24.1 Å². The Kier molecular flexibility index (Phi) is 4.78. The molecule has 1 aromatic heterocycles. The highest BCUT2D eigenvalue weighted by molar-refractivity contribution is 7.99. The molecule has 1 atom stereocenters. The molecule has 1 aliphatic heterocycles.